The Labute approximate surface area is 92.3 Å². The Bertz CT molecular complexity index is 316. The largest absolute Gasteiger partial charge is 0.370 e. The van der Waals surface area contributed by atoms with Gasteiger partial charge in [0.05, 0.1) is 11.9 Å². The van der Waals surface area contributed by atoms with Gasteiger partial charge in [-0.3, -0.25) is 4.98 Å². The fraction of sp³-hybridized carbons (Fsp3) is 0.615. The van der Waals surface area contributed by atoms with Gasteiger partial charge in [0.1, 0.15) is 0 Å². The molecular weight excluding hydrogens is 184 g/mol. The highest BCUT2D eigenvalue weighted by atomic mass is 15.2. The molecule has 15 heavy (non-hydrogen) atoms. The smallest absolute Gasteiger partial charge is 0.0553 e. The van der Waals surface area contributed by atoms with Crippen LogP contribution >= 0.6 is 0 Å². The zero-order valence-electron chi connectivity index (χ0n) is 9.90. The maximum atomic E-state index is 4.51. The number of pyridine rings is 1. The van der Waals surface area contributed by atoms with Crippen LogP contribution in [-0.2, 0) is 0 Å². The highest BCUT2D eigenvalue weighted by Gasteiger charge is 2.18. The van der Waals surface area contributed by atoms with Crippen molar-refractivity contribution in [3.8, 4) is 0 Å². The fourth-order valence-electron chi connectivity index (χ4n) is 2.10. The van der Waals surface area contributed by atoms with Crippen LogP contribution in [0.25, 0.3) is 0 Å². The molecule has 82 valence electrons. The number of anilines is 1. The molecule has 1 saturated heterocycles. The molecule has 0 saturated carbocycles. The van der Waals surface area contributed by atoms with Crippen LogP contribution in [0.4, 0.5) is 5.69 Å². The van der Waals surface area contributed by atoms with E-state index in [0.29, 0.717) is 5.92 Å². The zero-order valence-corrected chi connectivity index (χ0v) is 9.90. The summed E-state index contributed by atoms with van der Waals surface area (Å²) in [6.45, 7) is 9.04. The minimum atomic E-state index is 0.525. The van der Waals surface area contributed by atoms with E-state index < -0.39 is 0 Å². The van der Waals surface area contributed by atoms with Gasteiger partial charge < -0.3 is 4.90 Å². The standard InChI is InChI=1S/C13H20N2/c1-10(2)13-5-4-12(8-14-13)15-7-6-11(3)9-15/h4-5,8,10-11H,6-7,9H2,1-3H3. The quantitative estimate of drug-likeness (QED) is 0.736. The third kappa shape index (κ3) is 2.31. The van der Waals surface area contributed by atoms with Gasteiger partial charge in [0.25, 0.3) is 0 Å². The van der Waals surface area contributed by atoms with Gasteiger partial charge in [-0.2, -0.15) is 0 Å². The van der Waals surface area contributed by atoms with E-state index >= 15 is 0 Å². The molecule has 0 aromatic carbocycles. The summed E-state index contributed by atoms with van der Waals surface area (Å²) in [5, 5.41) is 0. The minimum Gasteiger partial charge on any atom is -0.370 e. The fourth-order valence-corrected chi connectivity index (χ4v) is 2.10. The van der Waals surface area contributed by atoms with Gasteiger partial charge >= 0.3 is 0 Å². The number of nitrogens with zero attached hydrogens (tertiary/aromatic N) is 2. The van der Waals surface area contributed by atoms with Crippen molar-refractivity contribution in [2.45, 2.75) is 33.1 Å². The molecular formula is C13H20N2. The molecule has 1 atom stereocenters. The Hall–Kier alpha value is -1.05. The Balaban J connectivity index is 2.10. The summed E-state index contributed by atoms with van der Waals surface area (Å²) in [6.07, 6.45) is 3.33. The first-order valence-electron chi connectivity index (χ1n) is 5.87. The van der Waals surface area contributed by atoms with Crippen LogP contribution in [0.1, 0.15) is 38.8 Å². The molecule has 2 heterocycles. The summed E-state index contributed by atoms with van der Waals surface area (Å²) in [7, 11) is 0. The summed E-state index contributed by atoms with van der Waals surface area (Å²) < 4.78 is 0. The molecule has 2 rings (SSSR count). The molecule has 0 bridgehead atoms. The predicted octanol–water partition coefficient (Wildman–Crippen LogP) is 3.05. The number of rotatable bonds is 2. The molecule has 1 aromatic rings. The van der Waals surface area contributed by atoms with Crippen molar-refractivity contribution in [2.75, 3.05) is 18.0 Å². The van der Waals surface area contributed by atoms with E-state index in [-0.39, 0.29) is 0 Å². The summed E-state index contributed by atoms with van der Waals surface area (Å²) in [6, 6.07) is 4.36. The van der Waals surface area contributed by atoms with E-state index in [4.69, 9.17) is 0 Å². The SMILES string of the molecule is CC1CCN(c2ccc(C(C)C)nc2)C1. The lowest BCUT2D eigenvalue weighted by Crippen LogP contribution is -2.19. The number of hydrogen-bond donors (Lipinski definition) is 0. The molecule has 0 amide bonds. The summed E-state index contributed by atoms with van der Waals surface area (Å²) in [5.41, 5.74) is 2.47. The van der Waals surface area contributed by atoms with Crippen molar-refractivity contribution < 1.29 is 0 Å². The van der Waals surface area contributed by atoms with Crippen LogP contribution in [0.3, 0.4) is 0 Å². The van der Waals surface area contributed by atoms with Crippen molar-refractivity contribution in [1.82, 2.24) is 4.98 Å². The molecule has 2 nitrogen and oxygen atoms in total. The van der Waals surface area contributed by atoms with Crippen LogP contribution < -0.4 is 4.90 Å². The van der Waals surface area contributed by atoms with E-state index in [1.54, 1.807) is 0 Å². The Kier molecular flexibility index (Phi) is 2.94. The van der Waals surface area contributed by atoms with Crippen molar-refractivity contribution >= 4 is 5.69 Å². The predicted molar refractivity (Wildman–Crippen MR) is 64.3 cm³/mol. The minimum absolute atomic E-state index is 0.525. The first kappa shape index (κ1) is 10.5. The molecule has 0 spiro atoms. The average Bonchev–Trinajstić information content (AvgIpc) is 2.65. The molecule has 0 N–H and O–H groups in total. The van der Waals surface area contributed by atoms with Gasteiger partial charge in [0.15, 0.2) is 0 Å². The van der Waals surface area contributed by atoms with Gasteiger partial charge in [0.2, 0.25) is 0 Å². The average molecular weight is 204 g/mol. The highest BCUT2D eigenvalue weighted by molar-refractivity contribution is 5.45. The van der Waals surface area contributed by atoms with Crippen LogP contribution in [0.2, 0.25) is 0 Å². The van der Waals surface area contributed by atoms with Gasteiger partial charge in [0, 0.05) is 18.8 Å². The number of hydrogen-bond acceptors (Lipinski definition) is 2. The van der Waals surface area contributed by atoms with Crippen LogP contribution in [0.5, 0.6) is 0 Å². The van der Waals surface area contributed by atoms with Gasteiger partial charge in [-0.25, -0.2) is 0 Å². The molecule has 1 unspecified atom stereocenters. The lowest BCUT2D eigenvalue weighted by molar-refractivity contribution is 0.659. The number of aromatic nitrogens is 1. The molecule has 0 aliphatic carbocycles. The zero-order chi connectivity index (χ0) is 10.8. The van der Waals surface area contributed by atoms with Crippen LogP contribution in [0.15, 0.2) is 18.3 Å². The van der Waals surface area contributed by atoms with Crippen molar-refractivity contribution in [2.24, 2.45) is 5.92 Å². The van der Waals surface area contributed by atoms with Crippen molar-refractivity contribution in [3.05, 3.63) is 24.0 Å². The Morgan fingerprint density at radius 1 is 1.40 bits per heavy atom. The summed E-state index contributed by atoms with van der Waals surface area (Å²) in [5.74, 6) is 1.35. The Morgan fingerprint density at radius 2 is 2.20 bits per heavy atom. The van der Waals surface area contributed by atoms with Gasteiger partial charge in [-0.05, 0) is 30.4 Å². The first-order chi connectivity index (χ1) is 7.16. The van der Waals surface area contributed by atoms with E-state index in [0.717, 1.165) is 5.92 Å². The molecule has 0 radical (unpaired) electrons. The van der Waals surface area contributed by atoms with E-state index in [9.17, 15) is 0 Å². The van der Waals surface area contributed by atoms with Crippen LogP contribution in [0, 0.1) is 5.92 Å². The lowest BCUT2D eigenvalue weighted by Gasteiger charge is -2.18. The third-order valence-corrected chi connectivity index (χ3v) is 3.15. The summed E-state index contributed by atoms with van der Waals surface area (Å²) >= 11 is 0. The highest BCUT2D eigenvalue weighted by Crippen LogP contribution is 2.23. The Morgan fingerprint density at radius 3 is 2.67 bits per heavy atom. The first-order valence-corrected chi connectivity index (χ1v) is 5.87. The van der Waals surface area contributed by atoms with E-state index in [1.807, 2.05) is 6.20 Å². The monoisotopic (exact) mass is 204 g/mol. The normalized spacial score (nSPS) is 21.3. The van der Waals surface area contributed by atoms with E-state index in [1.165, 1.54) is 30.9 Å². The second-order valence-corrected chi connectivity index (χ2v) is 4.94. The second kappa shape index (κ2) is 4.21. The maximum Gasteiger partial charge on any atom is 0.0553 e. The van der Waals surface area contributed by atoms with Gasteiger partial charge in [-0.1, -0.05) is 20.8 Å². The van der Waals surface area contributed by atoms with Crippen molar-refractivity contribution in [1.29, 1.82) is 0 Å². The van der Waals surface area contributed by atoms with E-state index in [2.05, 4.69) is 42.8 Å². The molecule has 1 aromatic heterocycles. The van der Waals surface area contributed by atoms with Crippen LogP contribution in [-0.4, -0.2) is 18.1 Å². The maximum absolute atomic E-state index is 4.51. The second-order valence-electron chi connectivity index (χ2n) is 4.94. The van der Waals surface area contributed by atoms with Gasteiger partial charge in [-0.15, -0.1) is 0 Å². The molecule has 1 aliphatic rings. The molecule has 1 fully saturated rings. The molecule has 1 aliphatic heterocycles. The third-order valence-electron chi connectivity index (χ3n) is 3.15. The van der Waals surface area contributed by atoms with Crippen molar-refractivity contribution in [3.63, 3.8) is 0 Å². The topological polar surface area (TPSA) is 16.1 Å². The lowest BCUT2D eigenvalue weighted by atomic mass is 10.1. The summed E-state index contributed by atoms with van der Waals surface area (Å²) in [4.78, 5) is 6.94. The molecule has 2 heteroatoms.